The number of aliphatic hydroxyl groups is 1. The summed E-state index contributed by atoms with van der Waals surface area (Å²) < 4.78 is 0. The summed E-state index contributed by atoms with van der Waals surface area (Å²) in [6.07, 6.45) is 0.123. The standard InChI is InChI=1S/C4H8ClNO3/c1-2-4(5,3-7)6(8)9/h7H,2-3H2,1H3/t4-/m1/s1. The summed E-state index contributed by atoms with van der Waals surface area (Å²) in [6, 6.07) is 0. The molecule has 0 aromatic rings. The summed E-state index contributed by atoms with van der Waals surface area (Å²) in [7, 11) is 0. The molecule has 0 aliphatic rings. The topological polar surface area (TPSA) is 63.4 Å². The fourth-order valence-corrected chi connectivity index (χ4v) is 0.299. The van der Waals surface area contributed by atoms with Crippen molar-refractivity contribution >= 4 is 11.6 Å². The zero-order valence-corrected chi connectivity index (χ0v) is 5.76. The molecule has 0 spiro atoms. The molecule has 0 aromatic carbocycles. The van der Waals surface area contributed by atoms with Crippen molar-refractivity contribution in [1.82, 2.24) is 0 Å². The van der Waals surface area contributed by atoms with Gasteiger partial charge in [0.15, 0.2) is 0 Å². The van der Waals surface area contributed by atoms with E-state index in [2.05, 4.69) is 0 Å². The van der Waals surface area contributed by atoms with Crippen molar-refractivity contribution < 1.29 is 10.0 Å². The van der Waals surface area contributed by atoms with Gasteiger partial charge in [-0.15, -0.1) is 0 Å². The highest BCUT2D eigenvalue weighted by Gasteiger charge is 2.37. The van der Waals surface area contributed by atoms with Crippen LogP contribution in [0.3, 0.4) is 0 Å². The molecule has 0 saturated heterocycles. The highest BCUT2D eigenvalue weighted by Crippen LogP contribution is 2.18. The number of nitro groups is 1. The monoisotopic (exact) mass is 153 g/mol. The lowest BCUT2D eigenvalue weighted by Gasteiger charge is -2.11. The van der Waals surface area contributed by atoms with E-state index in [0.29, 0.717) is 0 Å². The largest absolute Gasteiger partial charge is 0.387 e. The van der Waals surface area contributed by atoms with E-state index in [4.69, 9.17) is 16.7 Å². The number of aliphatic hydroxyl groups excluding tert-OH is 1. The first kappa shape index (κ1) is 8.65. The SMILES string of the molecule is CC[C@](Cl)(CO)[N+](=O)[O-]. The van der Waals surface area contributed by atoms with Crippen LogP contribution in [-0.4, -0.2) is 21.6 Å². The molecule has 0 unspecified atom stereocenters. The van der Waals surface area contributed by atoms with Crippen LogP contribution in [0.25, 0.3) is 0 Å². The van der Waals surface area contributed by atoms with Crippen LogP contribution in [0.4, 0.5) is 0 Å². The van der Waals surface area contributed by atoms with Crippen LogP contribution in [0.1, 0.15) is 13.3 Å². The van der Waals surface area contributed by atoms with Crippen LogP contribution in [0, 0.1) is 10.1 Å². The third-order valence-corrected chi connectivity index (χ3v) is 1.64. The van der Waals surface area contributed by atoms with Gasteiger partial charge in [-0.1, -0.05) is 6.92 Å². The number of halogens is 1. The molecule has 0 rings (SSSR count). The number of alkyl halides is 1. The van der Waals surface area contributed by atoms with Gasteiger partial charge in [0.2, 0.25) is 0 Å². The number of hydrogen-bond acceptors (Lipinski definition) is 3. The van der Waals surface area contributed by atoms with Crippen molar-refractivity contribution in [2.45, 2.75) is 18.3 Å². The van der Waals surface area contributed by atoms with E-state index in [9.17, 15) is 10.1 Å². The fraction of sp³-hybridized carbons (Fsp3) is 1.00. The van der Waals surface area contributed by atoms with Gasteiger partial charge in [-0.2, -0.15) is 0 Å². The number of nitrogens with zero attached hydrogens (tertiary/aromatic N) is 1. The molecule has 1 N–H and O–H groups in total. The molecule has 9 heavy (non-hydrogen) atoms. The molecule has 0 saturated carbocycles. The molecule has 0 heterocycles. The minimum absolute atomic E-state index is 0.123. The van der Waals surface area contributed by atoms with Gasteiger partial charge >= 0.3 is 5.00 Å². The molecule has 0 aliphatic heterocycles. The van der Waals surface area contributed by atoms with Crippen LogP contribution < -0.4 is 0 Å². The summed E-state index contributed by atoms with van der Waals surface area (Å²) in [5.41, 5.74) is 0. The van der Waals surface area contributed by atoms with E-state index in [1.165, 1.54) is 0 Å². The van der Waals surface area contributed by atoms with Gasteiger partial charge in [0.1, 0.15) is 6.61 Å². The number of hydrogen-bond donors (Lipinski definition) is 1. The Labute approximate surface area is 57.6 Å². The first-order valence-corrected chi connectivity index (χ1v) is 2.89. The minimum Gasteiger partial charge on any atom is -0.387 e. The van der Waals surface area contributed by atoms with E-state index >= 15 is 0 Å². The lowest BCUT2D eigenvalue weighted by atomic mass is 10.2. The summed E-state index contributed by atoms with van der Waals surface area (Å²) in [4.78, 5) is 7.64. The second kappa shape index (κ2) is 2.98. The quantitative estimate of drug-likeness (QED) is 0.280. The van der Waals surface area contributed by atoms with E-state index in [1.54, 1.807) is 6.92 Å². The van der Waals surface area contributed by atoms with Gasteiger partial charge in [0, 0.05) is 11.3 Å². The van der Waals surface area contributed by atoms with Crippen molar-refractivity contribution in [1.29, 1.82) is 0 Å². The maximum absolute atomic E-state index is 10.00. The zero-order chi connectivity index (χ0) is 7.49. The summed E-state index contributed by atoms with van der Waals surface area (Å²) in [5, 5.41) is 18.4. The minimum atomic E-state index is -1.67. The molecule has 0 aliphatic carbocycles. The second-order valence-corrected chi connectivity index (χ2v) is 2.39. The summed E-state index contributed by atoms with van der Waals surface area (Å²) in [6.45, 7) is 0.921. The van der Waals surface area contributed by atoms with Gasteiger partial charge in [0.05, 0.1) is 0 Å². The van der Waals surface area contributed by atoms with E-state index in [0.717, 1.165) is 0 Å². The molecular formula is C4H8ClNO3. The smallest absolute Gasteiger partial charge is 0.317 e. The van der Waals surface area contributed by atoms with Crippen LogP contribution in [0.15, 0.2) is 0 Å². The normalized spacial score (nSPS) is 16.8. The number of rotatable bonds is 3. The lowest BCUT2D eigenvalue weighted by molar-refractivity contribution is -0.545. The van der Waals surface area contributed by atoms with Gasteiger partial charge in [-0.3, -0.25) is 10.1 Å². The highest BCUT2D eigenvalue weighted by molar-refractivity contribution is 6.22. The second-order valence-electron chi connectivity index (χ2n) is 1.69. The first-order chi connectivity index (χ1) is 4.06. The molecule has 0 fully saturated rings. The summed E-state index contributed by atoms with van der Waals surface area (Å²) >= 11 is 5.29. The van der Waals surface area contributed by atoms with Crippen LogP contribution in [-0.2, 0) is 0 Å². The van der Waals surface area contributed by atoms with Gasteiger partial charge in [0.25, 0.3) is 0 Å². The molecule has 54 valence electrons. The van der Waals surface area contributed by atoms with Crippen molar-refractivity contribution in [3.8, 4) is 0 Å². The first-order valence-electron chi connectivity index (χ1n) is 2.51. The predicted molar refractivity (Wildman–Crippen MR) is 33.0 cm³/mol. The average molecular weight is 154 g/mol. The molecule has 4 nitrogen and oxygen atoms in total. The lowest BCUT2D eigenvalue weighted by Crippen LogP contribution is -2.34. The molecule has 5 heteroatoms. The zero-order valence-electron chi connectivity index (χ0n) is 5.00. The van der Waals surface area contributed by atoms with Gasteiger partial charge in [-0.25, -0.2) is 0 Å². The van der Waals surface area contributed by atoms with Crippen molar-refractivity contribution in [2.24, 2.45) is 0 Å². The molecular weight excluding hydrogens is 146 g/mol. The predicted octanol–water partition coefficient (Wildman–Crippen LogP) is 0.600. The van der Waals surface area contributed by atoms with E-state index < -0.39 is 16.5 Å². The Bertz CT molecular complexity index is 112. The Morgan fingerprint density at radius 3 is 2.33 bits per heavy atom. The maximum atomic E-state index is 10.00. The average Bonchev–Trinajstić information content (AvgIpc) is 1.86. The Morgan fingerprint density at radius 2 is 2.33 bits per heavy atom. The molecule has 0 bridgehead atoms. The molecule has 1 atom stereocenters. The van der Waals surface area contributed by atoms with Gasteiger partial charge in [-0.05, 0) is 11.6 Å². The Morgan fingerprint density at radius 1 is 1.89 bits per heavy atom. The van der Waals surface area contributed by atoms with Crippen LogP contribution in [0.2, 0.25) is 0 Å². The van der Waals surface area contributed by atoms with Crippen molar-refractivity contribution in [3.05, 3.63) is 10.1 Å². The Kier molecular flexibility index (Phi) is 2.87. The third kappa shape index (κ3) is 1.80. The van der Waals surface area contributed by atoms with Gasteiger partial charge < -0.3 is 5.11 Å². The molecule has 0 amide bonds. The fourth-order valence-electron chi connectivity index (χ4n) is 0.299. The van der Waals surface area contributed by atoms with Crippen molar-refractivity contribution in [3.63, 3.8) is 0 Å². The maximum Gasteiger partial charge on any atom is 0.317 e. The Hall–Kier alpha value is -0.350. The van der Waals surface area contributed by atoms with E-state index in [-0.39, 0.29) is 6.42 Å². The summed E-state index contributed by atoms with van der Waals surface area (Å²) in [5.74, 6) is 0. The molecule has 0 radical (unpaired) electrons. The van der Waals surface area contributed by atoms with Crippen LogP contribution >= 0.6 is 11.6 Å². The van der Waals surface area contributed by atoms with E-state index in [1.807, 2.05) is 0 Å². The Balaban J connectivity index is 4.09. The van der Waals surface area contributed by atoms with Crippen molar-refractivity contribution in [2.75, 3.05) is 6.61 Å². The third-order valence-electron chi connectivity index (χ3n) is 1.11. The molecule has 0 aromatic heterocycles. The van der Waals surface area contributed by atoms with Crippen LogP contribution in [0.5, 0.6) is 0 Å². The highest BCUT2D eigenvalue weighted by atomic mass is 35.5.